The minimum Gasteiger partial charge on any atom is -0.306 e. The van der Waals surface area contributed by atoms with Gasteiger partial charge in [0.15, 0.2) is 9.84 Å². The highest BCUT2D eigenvalue weighted by Gasteiger charge is 2.37. The Balaban J connectivity index is 1.67. The van der Waals surface area contributed by atoms with Crippen LogP contribution in [0.25, 0.3) is 0 Å². The summed E-state index contributed by atoms with van der Waals surface area (Å²) in [6.45, 7) is 2.78. The highest BCUT2D eigenvalue weighted by Crippen LogP contribution is 2.25. The van der Waals surface area contributed by atoms with Crippen LogP contribution in [0.4, 0.5) is 0 Å². The first-order valence-electron chi connectivity index (χ1n) is 7.02. The lowest BCUT2D eigenvalue weighted by Crippen LogP contribution is -2.42. The summed E-state index contributed by atoms with van der Waals surface area (Å²) in [5.41, 5.74) is 3.98. The summed E-state index contributed by atoms with van der Waals surface area (Å²) in [7, 11) is -2.83. The molecule has 0 bridgehead atoms. The Morgan fingerprint density at radius 3 is 2.79 bits per heavy atom. The van der Waals surface area contributed by atoms with Gasteiger partial charge in [-0.3, -0.25) is 0 Å². The van der Waals surface area contributed by atoms with Gasteiger partial charge in [-0.2, -0.15) is 0 Å². The van der Waals surface area contributed by atoms with Gasteiger partial charge in [0, 0.05) is 12.1 Å². The number of rotatable bonds is 3. The van der Waals surface area contributed by atoms with E-state index in [-0.39, 0.29) is 11.3 Å². The number of hydrogen-bond acceptors (Lipinski definition) is 3. The van der Waals surface area contributed by atoms with Gasteiger partial charge in [0.1, 0.15) is 0 Å². The van der Waals surface area contributed by atoms with Crippen molar-refractivity contribution in [2.24, 2.45) is 0 Å². The maximum atomic E-state index is 11.6. The lowest BCUT2D eigenvalue weighted by molar-refractivity contribution is 0.395. The molecule has 1 fully saturated rings. The van der Waals surface area contributed by atoms with Crippen LogP contribution < -0.4 is 5.32 Å². The van der Waals surface area contributed by atoms with Crippen molar-refractivity contribution in [2.45, 2.75) is 44.7 Å². The number of sulfone groups is 1. The van der Waals surface area contributed by atoms with Gasteiger partial charge in [0.2, 0.25) is 0 Å². The van der Waals surface area contributed by atoms with E-state index in [1.165, 1.54) is 36.0 Å². The minimum absolute atomic E-state index is 0.252. The van der Waals surface area contributed by atoms with E-state index in [2.05, 4.69) is 23.5 Å². The second kappa shape index (κ2) is 4.60. The van der Waals surface area contributed by atoms with Crippen molar-refractivity contribution in [1.82, 2.24) is 5.32 Å². The fraction of sp³-hybridized carbons (Fsp3) is 0.600. The van der Waals surface area contributed by atoms with E-state index in [4.69, 9.17) is 0 Å². The first-order valence-corrected chi connectivity index (χ1v) is 8.84. The zero-order valence-corrected chi connectivity index (χ0v) is 12.2. The number of aryl methyl sites for hydroxylation is 2. The molecule has 2 aliphatic rings. The average molecular weight is 279 g/mol. The Kier molecular flexibility index (Phi) is 3.18. The Morgan fingerprint density at radius 1 is 1.26 bits per heavy atom. The van der Waals surface area contributed by atoms with Crippen LogP contribution in [-0.2, 0) is 29.2 Å². The Bertz CT molecular complexity index is 594. The van der Waals surface area contributed by atoms with Crippen LogP contribution in [0.1, 0.15) is 36.5 Å². The Morgan fingerprint density at radius 2 is 2.05 bits per heavy atom. The van der Waals surface area contributed by atoms with Crippen molar-refractivity contribution in [3.8, 4) is 0 Å². The molecule has 1 atom stereocenters. The highest BCUT2D eigenvalue weighted by atomic mass is 32.2. The predicted octanol–water partition coefficient (Wildman–Crippen LogP) is 1.84. The molecular formula is C15H21NO2S. The molecule has 1 unspecified atom stereocenters. The summed E-state index contributed by atoms with van der Waals surface area (Å²) < 4.78 is 23.1. The van der Waals surface area contributed by atoms with Crippen molar-refractivity contribution in [3.63, 3.8) is 0 Å². The zero-order chi connectivity index (χ0) is 13.5. The molecule has 1 aromatic rings. The SMILES string of the molecule is CC1(NCc2ccc3c(c2)CCC3)CCS(=O)(=O)C1. The Hall–Kier alpha value is -0.870. The summed E-state index contributed by atoms with van der Waals surface area (Å²) in [5.74, 6) is 0.589. The molecule has 1 aliphatic heterocycles. The second-order valence-electron chi connectivity index (χ2n) is 6.21. The highest BCUT2D eigenvalue weighted by molar-refractivity contribution is 7.91. The largest absolute Gasteiger partial charge is 0.306 e. The van der Waals surface area contributed by atoms with Crippen LogP contribution in [-0.4, -0.2) is 25.5 Å². The molecule has 1 N–H and O–H groups in total. The molecule has 3 nitrogen and oxygen atoms in total. The van der Waals surface area contributed by atoms with E-state index in [0.717, 1.165) is 13.0 Å². The van der Waals surface area contributed by atoms with Gasteiger partial charge in [-0.1, -0.05) is 18.2 Å². The van der Waals surface area contributed by atoms with Gasteiger partial charge in [-0.15, -0.1) is 0 Å². The molecule has 4 heteroatoms. The van der Waals surface area contributed by atoms with Gasteiger partial charge in [0.05, 0.1) is 11.5 Å². The molecule has 0 aromatic heterocycles. The van der Waals surface area contributed by atoms with Crippen LogP contribution in [0.3, 0.4) is 0 Å². The zero-order valence-electron chi connectivity index (χ0n) is 11.4. The third kappa shape index (κ3) is 2.84. The fourth-order valence-corrected chi connectivity index (χ4v) is 5.32. The van der Waals surface area contributed by atoms with Gasteiger partial charge < -0.3 is 5.32 Å². The van der Waals surface area contributed by atoms with Gasteiger partial charge >= 0.3 is 0 Å². The number of hydrogen-bond donors (Lipinski definition) is 1. The van der Waals surface area contributed by atoms with E-state index in [1.54, 1.807) is 0 Å². The topological polar surface area (TPSA) is 46.2 Å². The van der Waals surface area contributed by atoms with E-state index >= 15 is 0 Å². The smallest absolute Gasteiger partial charge is 0.152 e. The molecule has 1 aliphatic carbocycles. The second-order valence-corrected chi connectivity index (χ2v) is 8.40. The standard InChI is InChI=1S/C15H21NO2S/c1-15(7-8-19(17,18)11-15)16-10-12-5-6-13-3-2-4-14(13)9-12/h5-6,9,16H,2-4,7-8,10-11H2,1H3. The molecule has 1 heterocycles. The van der Waals surface area contributed by atoms with Crippen LogP contribution in [0.2, 0.25) is 0 Å². The molecule has 19 heavy (non-hydrogen) atoms. The van der Waals surface area contributed by atoms with Crippen LogP contribution in [0, 0.1) is 0 Å². The summed E-state index contributed by atoms with van der Waals surface area (Å²) in [6.07, 6.45) is 4.39. The third-order valence-electron chi connectivity index (χ3n) is 4.39. The van der Waals surface area contributed by atoms with Gasteiger partial charge in [-0.25, -0.2) is 8.42 Å². The minimum atomic E-state index is -2.83. The molecule has 1 aromatic carbocycles. The van der Waals surface area contributed by atoms with Crippen molar-refractivity contribution in [3.05, 3.63) is 34.9 Å². The maximum Gasteiger partial charge on any atom is 0.152 e. The first-order chi connectivity index (χ1) is 8.96. The quantitative estimate of drug-likeness (QED) is 0.918. The monoisotopic (exact) mass is 279 g/mol. The summed E-state index contributed by atoms with van der Waals surface area (Å²) in [6, 6.07) is 6.68. The van der Waals surface area contributed by atoms with Crippen molar-refractivity contribution in [1.29, 1.82) is 0 Å². The number of nitrogens with one attached hydrogen (secondary N) is 1. The molecule has 0 radical (unpaired) electrons. The maximum absolute atomic E-state index is 11.6. The molecular weight excluding hydrogens is 258 g/mol. The lowest BCUT2D eigenvalue weighted by atomic mass is 10.0. The predicted molar refractivity (Wildman–Crippen MR) is 77.0 cm³/mol. The first kappa shape index (κ1) is 13.1. The summed E-state index contributed by atoms with van der Waals surface area (Å²) in [5, 5.41) is 3.44. The van der Waals surface area contributed by atoms with Crippen molar-refractivity contribution >= 4 is 9.84 Å². The van der Waals surface area contributed by atoms with Crippen molar-refractivity contribution in [2.75, 3.05) is 11.5 Å². The molecule has 0 amide bonds. The average Bonchev–Trinajstić information content (AvgIpc) is 2.91. The molecule has 1 saturated heterocycles. The molecule has 0 spiro atoms. The van der Waals surface area contributed by atoms with Gasteiger partial charge in [-0.05, 0) is 49.3 Å². The normalized spacial score (nSPS) is 28.5. The molecule has 3 rings (SSSR count). The summed E-state index contributed by atoms with van der Waals surface area (Å²) in [4.78, 5) is 0. The van der Waals surface area contributed by atoms with Crippen LogP contribution in [0.15, 0.2) is 18.2 Å². The third-order valence-corrected chi connectivity index (χ3v) is 6.29. The van der Waals surface area contributed by atoms with Gasteiger partial charge in [0.25, 0.3) is 0 Å². The van der Waals surface area contributed by atoms with E-state index in [9.17, 15) is 8.42 Å². The molecule has 0 saturated carbocycles. The van der Waals surface area contributed by atoms with Crippen LogP contribution in [0.5, 0.6) is 0 Å². The molecule has 104 valence electrons. The summed E-state index contributed by atoms with van der Waals surface area (Å²) >= 11 is 0. The number of benzene rings is 1. The number of fused-ring (bicyclic) bond motifs is 1. The van der Waals surface area contributed by atoms with E-state index in [1.807, 2.05) is 6.92 Å². The van der Waals surface area contributed by atoms with Crippen molar-refractivity contribution < 1.29 is 8.42 Å². The van der Waals surface area contributed by atoms with E-state index < -0.39 is 9.84 Å². The lowest BCUT2D eigenvalue weighted by Gasteiger charge is -2.24. The van der Waals surface area contributed by atoms with E-state index in [0.29, 0.717) is 5.75 Å². The fourth-order valence-electron chi connectivity index (χ4n) is 3.20. The van der Waals surface area contributed by atoms with Crippen LogP contribution >= 0.6 is 0 Å². The Labute approximate surface area is 115 Å².